The van der Waals surface area contributed by atoms with Crippen molar-refractivity contribution in [3.63, 3.8) is 0 Å². The first-order valence-electron chi connectivity index (χ1n) is 11.2. The SMILES string of the molecule is CC(C)(C)S(=O)(=O)CC1CCC(C(=O)Cc2ccc(OC3CCOCC3)cc2)CC1. The van der Waals surface area contributed by atoms with Gasteiger partial charge in [-0.15, -0.1) is 0 Å². The molecule has 168 valence electrons. The molecule has 1 saturated heterocycles. The molecule has 2 fully saturated rings. The third-order valence-corrected chi connectivity index (χ3v) is 9.24. The number of sulfone groups is 1. The average Bonchev–Trinajstić information content (AvgIpc) is 2.70. The summed E-state index contributed by atoms with van der Waals surface area (Å²) in [7, 11) is -3.10. The van der Waals surface area contributed by atoms with E-state index < -0.39 is 14.6 Å². The van der Waals surface area contributed by atoms with Gasteiger partial charge in [-0.25, -0.2) is 8.42 Å². The molecule has 6 heteroatoms. The largest absolute Gasteiger partial charge is 0.490 e. The maximum Gasteiger partial charge on any atom is 0.155 e. The summed E-state index contributed by atoms with van der Waals surface area (Å²) in [6, 6.07) is 7.86. The third-order valence-electron chi connectivity index (χ3n) is 6.46. The molecule has 0 unspecified atom stereocenters. The minimum absolute atomic E-state index is 0.0526. The summed E-state index contributed by atoms with van der Waals surface area (Å²) in [6.45, 7) is 6.79. The van der Waals surface area contributed by atoms with Gasteiger partial charge in [0.25, 0.3) is 0 Å². The van der Waals surface area contributed by atoms with Crippen LogP contribution in [0.4, 0.5) is 0 Å². The normalized spacial score (nSPS) is 23.8. The first-order valence-corrected chi connectivity index (χ1v) is 12.9. The molecule has 1 aromatic rings. The van der Waals surface area contributed by atoms with E-state index in [0.717, 1.165) is 63.1 Å². The van der Waals surface area contributed by atoms with E-state index in [-0.39, 0.29) is 29.5 Å². The summed E-state index contributed by atoms with van der Waals surface area (Å²) in [5, 5.41) is 0. The second-order valence-electron chi connectivity index (χ2n) is 9.83. The van der Waals surface area contributed by atoms with E-state index in [2.05, 4.69) is 0 Å². The van der Waals surface area contributed by atoms with Crippen LogP contribution >= 0.6 is 0 Å². The molecule has 0 spiro atoms. The minimum atomic E-state index is -3.10. The number of benzene rings is 1. The van der Waals surface area contributed by atoms with Crippen molar-refractivity contribution in [2.24, 2.45) is 11.8 Å². The Morgan fingerprint density at radius 2 is 1.60 bits per heavy atom. The molecule has 3 rings (SSSR count). The van der Waals surface area contributed by atoms with Crippen LogP contribution in [0, 0.1) is 11.8 Å². The van der Waals surface area contributed by atoms with Crippen molar-refractivity contribution in [2.75, 3.05) is 19.0 Å². The number of Topliss-reactive ketones (excluding diaryl/α,β-unsaturated/α-hetero) is 1. The minimum Gasteiger partial charge on any atom is -0.490 e. The molecule has 1 aliphatic carbocycles. The molecule has 0 atom stereocenters. The Kier molecular flexibility index (Phi) is 7.61. The van der Waals surface area contributed by atoms with E-state index in [9.17, 15) is 13.2 Å². The van der Waals surface area contributed by atoms with Gasteiger partial charge in [-0.05, 0) is 70.1 Å². The summed E-state index contributed by atoms with van der Waals surface area (Å²) in [5.74, 6) is 1.59. The van der Waals surface area contributed by atoms with Crippen molar-refractivity contribution in [2.45, 2.75) is 76.6 Å². The second kappa shape index (κ2) is 9.82. The molecule has 1 aromatic carbocycles. The highest BCUT2D eigenvalue weighted by Gasteiger charge is 2.34. The molecule has 5 nitrogen and oxygen atoms in total. The van der Waals surface area contributed by atoms with E-state index in [0.29, 0.717) is 6.42 Å². The molecule has 0 bridgehead atoms. The molecule has 30 heavy (non-hydrogen) atoms. The lowest BCUT2D eigenvalue weighted by molar-refractivity contribution is -0.123. The van der Waals surface area contributed by atoms with Gasteiger partial charge < -0.3 is 9.47 Å². The van der Waals surface area contributed by atoms with E-state index in [1.165, 1.54) is 0 Å². The fraction of sp³-hybridized carbons (Fsp3) is 0.708. The maximum atomic E-state index is 12.8. The van der Waals surface area contributed by atoms with Crippen molar-refractivity contribution in [1.29, 1.82) is 0 Å². The van der Waals surface area contributed by atoms with Gasteiger partial charge in [-0.3, -0.25) is 4.79 Å². The average molecular weight is 437 g/mol. The topological polar surface area (TPSA) is 69.7 Å². The first kappa shape index (κ1) is 23.3. The molecular weight excluding hydrogens is 400 g/mol. The Labute approximate surface area is 181 Å². The second-order valence-corrected chi connectivity index (χ2v) is 12.6. The smallest absolute Gasteiger partial charge is 0.155 e. The number of carbonyl (C=O) groups excluding carboxylic acids is 1. The zero-order chi connectivity index (χ0) is 21.8. The quantitative estimate of drug-likeness (QED) is 0.635. The lowest BCUT2D eigenvalue weighted by Crippen LogP contribution is -2.35. The fourth-order valence-electron chi connectivity index (χ4n) is 4.23. The summed E-state index contributed by atoms with van der Waals surface area (Å²) in [4.78, 5) is 12.8. The Balaban J connectivity index is 1.45. The van der Waals surface area contributed by atoms with E-state index in [1.807, 2.05) is 24.3 Å². The van der Waals surface area contributed by atoms with Crippen molar-refractivity contribution < 1.29 is 22.7 Å². The Morgan fingerprint density at radius 3 is 2.17 bits per heavy atom. The molecule has 0 aromatic heterocycles. The maximum absolute atomic E-state index is 12.8. The van der Waals surface area contributed by atoms with Gasteiger partial charge >= 0.3 is 0 Å². The lowest BCUT2D eigenvalue weighted by atomic mass is 9.79. The van der Waals surface area contributed by atoms with Crippen molar-refractivity contribution in [1.82, 2.24) is 0 Å². The van der Waals surface area contributed by atoms with Crippen molar-refractivity contribution >= 4 is 15.6 Å². The van der Waals surface area contributed by atoms with Crippen LogP contribution in [0.15, 0.2) is 24.3 Å². The molecule has 0 radical (unpaired) electrons. The summed E-state index contributed by atoms with van der Waals surface area (Å²) in [5.41, 5.74) is 1.01. The van der Waals surface area contributed by atoms with Crippen LogP contribution in [0.25, 0.3) is 0 Å². The van der Waals surface area contributed by atoms with Gasteiger partial charge in [0.05, 0.1) is 23.7 Å². The number of hydrogen-bond acceptors (Lipinski definition) is 5. The Hall–Kier alpha value is -1.40. The van der Waals surface area contributed by atoms with Crippen molar-refractivity contribution in [3.05, 3.63) is 29.8 Å². The predicted molar refractivity (Wildman–Crippen MR) is 119 cm³/mol. The molecule has 1 heterocycles. The standard InChI is InChI=1S/C24H36O5S/c1-24(2,3)30(26,27)17-19-4-8-20(9-5-19)23(25)16-18-6-10-21(11-7-18)29-22-12-14-28-15-13-22/h6-7,10-11,19-20,22H,4-5,8-9,12-17H2,1-3H3. The predicted octanol–water partition coefficient (Wildman–Crippen LogP) is 4.38. The third kappa shape index (κ3) is 6.30. The number of ketones is 1. The van der Waals surface area contributed by atoms with E-state index >= 15 is 0 Å². The number of hydrogen-bond donors (Lipinski definition) is 0. The van der Waals surface area contributed by atoms with Gasteiger partial charge in [0.1, 0.15) is 17.6 Å². The summed E-state index contributed by atoms with van der Waals surface area (Å²) < 4.78 is 35.5. The summed E-state index contributed by atoms with van der Waals surface area (Å²) >= 11 is 0. The van der Waals surface area contributed by atoms with Crippen LogP contribution in [0.2, 0.25) is 0 Å². The van der Waals surface area contributed by atoms with Gasteiger partial charge in [0.15, 0.2) is 9.84 Å². The van der Waals surface area contributed by atoms with Gasteiger partial charge in [0, 0.05) is 25.2 Å². The highest BCUT2D eigenvalue weighted by atomic mass is 32.2. The zero-order valence-electron chi connectivity index (χ0n) is 18.6. The van der Waals surface area contributed by atoms with Gasteiger partial charge in [-0.2, -0.15) is 0 Å². The van der Waals surface area contributed by atoms with Crippen LogP contribution in [-0.2, 0) is 25.8 Å². The zero-order valence-corrected chi connectivity index (χ0v) is 19.4. The Morgan fingerprint density at radius 1 is 1.00 bits per heavy atom. The van der Waals surface area contributed by atoms with Gasteiger partial charge in [0.2, 0.25) is 0 Å². The van der Waals surface area contributed by atoms with Crippen molar-refractivity contribution in [3.8, 4) is 5.75 Å². The van der Waals surface area contributed by atoms with E-state index in [4.69, 9.17) is 9.47 Å². The monoisotopic (exact) mass is 436 g/mol. The summed E-state index contributed by atoms with van der Waals surface area (Å²) in [6.07, 6.45) is 5.73. The van der Waals surface area contributed by atoms with Crippen LogP contribution in [0.5, 0.6) is 5.75 Å². The van der Waals surface area contributed by atoms with Gasteiger partial charge in [-0.1, -0.05) is 12.1 Å². The molecule has 2 aliphatic rings. The molecule has 0 amide bonds. The molecule has 0 N–H and O–H groups in total. The molecular formula is C24H36O5S. The lowest BCUT2D eigenvalue weighted by Gasteiger charge is -2.30. The fourth-order valence-corrected chi connectivity index (χ4v) is 5.68. The van der Waals surface area contributed by atoms with Crippen LogP contribution in [-0.4, -0.2) is 44.0 Å². The van der Waals surface area contributed by atoms with E-state index in [1.54, 1.807) is 20.8 Å². The van der Waals surface area contributed by atoms with Crippen LogP contribution < -0.4 is 4.74 Å². The Bertz CT molecular complexity index is 793. The highest BCUT2D eigenvalue weighted by Crippen LogP contribution is 2.33. The van der Waals surface area contributed by atoms with Crippen LogP contribution in [0.3, 0.4) is 0 Å². The highest BCUT2D eigenvalue weighted by molar-refractivity contribution is 7.92. The molecule has 1 saturated carbocycles. The number of ether oxygens (including phenoxy) is 2. The number of carbonyl (C=O) groups is 1. The number of rotatable bonds is 7. The molecule has 1 aliphatic heterocycles. The van der Waals surface area contributed by atoms with Crippen LogP contribution in [0.1, 0.15) is 64.9 Å². The first-order chi connectivity index (χ1) is 14.1.